The summed E-state index contributed by atoms with van der Waals surface area (Å²) in [4.78, 5) is 35.0. The number of H-pyrrole nitrogens is 1. The predicted octanol–water partition coefficient (Wildman–Crippen LogP) is 3.59. The van der Waals surface area contributed by atoms with E-state index in [4.69, 9.17) is 21.6 Å². The summed E-state index contributed by atoms with van der Waals surface area (Å²) in [5.74, 6) is 2.09. The Morgan fingerprint density at radius 1 is 1.06 bits per heavy atom. The van der Waals surface area contributed by atoms with Crippen LogP contribution in [-0.2, 0) is 0 Å². The van der Waals surface area contributed by atoms with Crippen molar-refractivity contribution < 1.29 is 0 Å². The van der Waals surface area contributed by atoms with Gasteiger partial charge < -0.3 is 20.4 Å². The van der Waals surface area contributed by atoms with E-state index in [1.54, 1.807) is 6.20 Å². The fourth-order valence-electron chi connectivity index (χ4n) is 4.76. The summed E-state index contributed by atoms with van der Waals surface area (Å²) in [5.41, 5.74) is 1.22. The van der Waals surface area contributed by atoms with Crippen LogP contribution in [0.2, 0.25) is 5.02 Å². The molecule has 0 bridgehead atoms. The lowest BCUT2D eigenvalue weighted by Gasteiger charge is -2.36. The van der Waals surface area contributed by atoms with Crippen LogP contribution in [0.5, 0.6) is 0 Å². The van der Waals surface area contributed by atoms with Crippen molar-refractivity contribution in [3.63, 3.8) is 0 Å². The van der Waals surface area contributed by atoms with Crippen LogP contribution in [0.1, 0.15) is 12.8 Å². The Kier molecular flexibility index (Phi) is 6.47. The molecule has 9 nitrogen and oxygen atoms in total. The number of fused-ring (bicyclic) bond motifs is 1. The number of aromatic nitrogens is 4. The van der Waals surface area contributed by atoms with E-state index in [9.17, 15) is 4.79 Å². The summed E-state index contributed by atoms with van der Waals surface area (Å²) < 4.78 is 1.05. The third kappa shape index (κ3) is 4.76. The zero-order valence-electron chi connectivity index (χ0n) is 19.7. The Morgan fingerprint density at radius 2 is 1.89 bits per heavy atom. The standard InChI is InChI=1S/C25H27ClN8OS/c26-16-7-8-20(28-14-16)33-10-12-34(13-11-33)25-31-22(29-17-4-3-9-27-15-17)21(23(35)32-25)24-30-18-5-1-2-6-19(18)36-24/h1-2,5-8,14,17,27H,3-4,9-13,15H2,(H2,29,31,32,35)/t17-/m1/s1. The van der Waals surface area contributed by atoms with Crippen molar-refractivity contribution in [3.05, 3.63) is 58.0 Å². The van der Waals surface area contributed by atoms with Crippen molar-refractivity contribution in [2.24, 2.45) is 0 Å². The molecule has 1 atom stereocenters. The number of piperazine rings is 1. The van der Waals surface area contributed by atoms with Crippen molar-refractivity contribution in [1.82, 2.24) is 25.3 Å². The highest BCUT2D eigenvalue weighted by Crippen LogP contribution is 2.33. The molecule has 2 aliphatic heterocycles. The number of piperidine rings is 1. The molecule has 0 aliphatic carbocycles. The average Bonchev–Trinajstić information content (AvgIpc) is 3.33. The Labute approximate surface area is 217 Å². The fraction of sp³-hybridized carbons (Fsp3) is 0.360. The molecule has 4 aromatic rings. The highest BCUT2D eigenvalue weighted by molar-refractivity contribution is 7.21. The molecule has 186 valence electrons. The van der Waals surface area contributed by atoms with E-state index in [2.05, 4.69) is 30.4 Å². The first kappa shape index (κ1) is 23.2. The highest BCUT2D eigenvalue weighted by Gasteiger charge is 2.25. The van der Waals surface area contributed by atoms with Gasteiger partial charge in [-0.15, -0.1) is 11.3 Å². The minimum Gasteiger partial charge on any atom is -0.365 e. The van der Waals surface area contributed by atoms with Crippen LogP contribution in [0.3, 0.4) is 0 Å². The summed E-state index contributed by atoms with van der Waals surface area (Å²) >= 11 is 7.51. The quantitative estimate of drug-likeness (QED) is 0.365. The maximum atomic E-state index is 13.5. The van der Waals surface area contributed by atoms with Gasteiger partial charge in [0.05, 0.1) is 15.2 Å². The van der Waals surface area contributed by atoms with E-state index < -0.39 is 0 Å². The second-order valence-corrected chi connectivity index (χ2v) is 10.6. The maximum absolute atomic E-state index is 13.5. The molecule has 2 fully saturated rings. The van der Waals surface area contributed by atoms with Gasteiger partial charge in [0.1, 0.15) is 22.2 Å². The average molecular weight is 523 g/mol. The first-order valence-corrected chi connectivity index (χ1v) is 13.4. The Hall–Kier alpha value is -3.21. The lowest BCUT2D eigenvalue weighted by atomic mass is 10.1. The number of thiazole rings is 1. The molecule has 36 heavy (non-hydrogen) atoms. The number of benzene rings is 1. The first-order valence-electron chi connectivity index (χ1n) is 12.2. The molecule has 0 amide bonds. The number of hydrogen-bond donors (Lipinski definition) is 3. The molecule has 3 N–H and O–H groups in total. The van der Waals surface area contributed by atoms with Gasteiger partial charge in [-0.25, -0.2) is 9.97 Å². The van der Waals surface area contributed by atoms with Crippen LogP contribution in [-0.4, -0.2) is 65.2 Å². The van der Waals surface area contributed by atoms with Gasteiger partial charge in [-0.2, -0.15) is 4.98 Å². The largest absolute Gasteiger partial charge is 0.365 e. The molecule has 0 unspecified atom stereocenters. The van der Waals surface area contributed by atoms with Crippen LogP contribution in [0.15, 0.2) is 47.4 Å². The topological polar surface area (TPSA) is 102 Å². The van der Waals surface area contributed by atoms with Gasteiger partial charge in [0.15, 0.2) is 0 Å². The van der Waals surface area contributed by atoms with Crippen LogP contribution in [0, 0.1) is 0 Å². The third-order valence-corrected chi connectivity index (χ3v) is 7.94. The summed E-state index contributed by atoms with van der Waals surface area (Å²) in [6.45, 7) is 4.84. The normalized spacial score (nSPS) is 18.5. The number of anilines is 3. The van der Waals surface area contributed by atoms with Crippen LogP contribution < -0.4 is 26.0 Å². The summed E-state index contributed by atoms with van der Waals surface area (Å²) in [6.07, 6.45) is 3.79. The lowest BCUT2D eigenvalue weighted by molar-refractivity contribution is 0.479. The minimum absolute atomic E-state index is 0.174. The monoisotopic (exact) mass is 522 g/mol. The Morgan fingerprint density at radius 3 is 2.64 bits per heavy atom. The van der Waals surface area contributed by atoms with Crippen molar-refractivity contribution >= 4 is 50.7 Å². The number of nitrogens with one attached hydrogen (secondary N) is 3. The third-order valence-electron chi connectivity index (χ3n) is 6.67. The molecule has 6 rings (SSSR count). The molecule has 1 aromatic carbocycles. The van der Waals surface area contributed by atoms with Gasteiger partial charge in [-0.1, -0.05) is 23.7 Å². The van der Waals surface area contributed by atoms with Crippen molar-refractivity contribution in [1.29, 1.82) is 0 Å². The van der Waals surface area contributed by atoms with Gasteiger partial charge in [-0.05, 0) is 43.7 Å². The van der Waals surface area contributed by atoms with Gasteiger partial charge in [0, 0.05) is 45.0 Å². The molecular weight excluding hydrogens is 496 g/mol. The van der Waals surface area contributed by atoms with Gasteiger partial charge in [0.25, 0.3) is 5.56 Å². The molecular formula is C25H27ClN8OS. The summed E-state index contributed by atoms with van der Waals surface area (Å²) in [7, 11) is 0. The number of aromatic amines is 1. The fourth-order valence-corrected chi connectivity index (χ4v) is 5.88. The SMILES string of the molecule is O=c1[nH]c(N2CCN(c3ccc(Cl)cn3)CC2)nc(N[C@@H]2CCCNC2)c1-c1nc2ccccc2s1. The zero-order chi connectivity index (χ0) is 24.5. The van der Waals surface area contributed by atoms with Crippen molar-refractivity contribution in [3.8, 4) is 10.6 Å². The highest BCUT2D eigenvalue weighted by atomic mass is 35.5. The summed E-state index contributed by atoms with van der Waals surface area (Å²) in [5, 5.41) is 8.31. The smallest absolute Gasteiger partial charge is 0.264 e. The molecule has 5 heterocycles. The second kappa shape index (κ2) is 10.0. The maximum Gasteiger partial charge on any atom is 0.264 e. The molecule has 0 saturated carbocycles. The van der Waals surface area contributed by atoms with Crippen molar-refractivity contribution in [2.75, 3.05) is 54.4 Å². The van der Waals surface area contributed by atoms with Gasteiger partial charge in [0.2, 0.25) is 5.95 Å². The van der Waals surface area contributed by atoms with Crippen molar-refractivity contribution in [2.45, 2.75) is 18.9 Å². The van der Waals surface area contributed by atoms with E-state index in [1.807, 2.05) is 36.4 Å². The van der Waals surface area contributed by atoms with Gasteiger partial charge >= 0.3 is 0 Å². The molecule has 0 radical (unpaired) electrons. The number of pyridine rings is 1. The Balaban J connectivity index is 1.30. The van der Waals surface area contributed by atoms with E-state index in [0.29, 0.717) is 27.4 Å². The van der Waals surface area contributed by atoms with E-state index in [-0.39, 0.29) is 11.6 Å². The number of para-hydroxylation sites is 1. The van der Waals surface area contributed by atoms with E-state index in [1.165, 1.54) is 11.3 Å². The molecule has 11 heteroatoms. The molecule has 2 aliphatic rings. The number of halogens is 1. The number of rotatable bonds is 5. The molecule has 0 spiro atoms. The second-order valence-electron chi connectivity index (χ2n) is 9.10. The first-order chi connectivity index (χ1) is 17.6. The van der Waals surface area contributed by atoms with E-state index >= 15 is 0 Å². The minimum atomic E-state index is -0.174. The van der Waals surface area contributed by atoms with Gasteiger partial charge in [-0.3, -0.25) is 9.78 Å². The lowest BCUT2D eigenvalue weighted by Crippen LogP contribution is -2.48. The molecule has 3 aromatic heterocycles. The molecule has 2 saturated heterocycles. The summed E-state index contributed by atoms with van der Waals surface area (Å²) in [6, 6.07) is 11.9. The van der Waals surface area contributed by atoms with E-state index in [0.717, 1.165) is 68.1 Å². The number of nitrogens with zero attached hydrogens (tertiary/aromatic N) is 5. The Bertz CT molecular complexity index is 1370. The zero-order valence-corrected chi connectivity index (χ0v) is 21.3. The van der Waals surface area contributed by atoms with Crippen LogP contribution in [0.25, 0.3) is 20.8 Å². The predicted molar refractivity (Wildman–Crippen MR) is 147 cm³/mol. The van der Waals surface area contributed by atoms with Crippen LogP contribution >= 0.6 is 22.9 Å². The van der Waals surface area contributed by atoms with Crippen LogP contribution in [0.4, 0.5) is 17.6 Å². The number of hydrogen-bond acceptors (Lipinski definition) is 9.